The van der Waals surface area contributed by atoms with Crippen molar-refractivity contribution in [1.29, 1.82) is 0 Å². The highest BCUT2D eigenvalue weighted by Crippen LogP contribution is 2.30. The Morgan fingerprint density at radius 2 is 1.72 bits per heavy atom. The molecule has 0 saturated carbocycles. The van der Waals surface area contributed by atoms with Crippen LogP contribution in [-0.4, -0.2) is 19.0 Å². The second-order valence-corrected chi connectivity index (χ2v) is 7.77. The van der Waals surface area contributed by atoms with Gasteiger partial charge in [-0.05, 0) is 61.4 Å². The third-order valence-corrected chi connectivity index (χ3v) is 5.22. The van der Waals surface area contributed by atoms with Crippen molar-refractivity contribution in [2.24, 2.45) is 0 Å². The van der Waals surface area contributed by atoms with Crippen LogP contribution in [0.2, 0.25) is 10.0 Å². The number of furan rings is 1. The molecule has 1 aromatic heterocycles. The topological polar surface area (TPSA) is 45.5 Å². The van der Waals surface area contributed by atoms with Crippen molar-refractivity contribution in [3.05, 3.63) is 76.5 Å². The number of halogens is 2. The molecule has 0 aliphatic carbocycles. The number of benzene rings is 2. The third-order valence-electron chi connectivity index (χ3n) is 4.78. The summed E-state index contributed by atoms with van der Waals surface area (Å²) in [4.78, 5) is 14.7. The van der Waals surface area contributed by atoms with Crippen LogP contribution in [0.1, 0.15) is 18.6 Å². The summed E-state index contributed by atoms with van der Waals surface area (Å²) in [6, 6.07) is 16.7. The van der Waals surface area contributed by atoms with E-state index >= 15 is 0 Å². The maximum atomic E-state index is 12.4. The van der Waals surface area contributed by atoms with Gasteiger partial charge in [-0.25, -0.2) is 0 Å². The Hall–Kier alpha value is -2.69. The van der Waals surface area contributed by atoms with Crippen LogP contribution in [0.15, 0.2) is 65.1 Å². The molecule has 2 aromatic carbocycles. The van der Waals surface area contributed by atoms with Crippen LogP contribution in [0.5, 0.6) is 0 Å². The minimum atomic E-state index is -0.208. The molecule has 0 unspecified atom stereocenters. The van der Waals surface area contributed by atoms with Gasteiger partial charge in [-0.1, -0.05) is 35.3 Å². The summed E-state index contributed by atoms with van der Waals surface area (Å²) >= 11 is 12.1. The molecule has 148 valence electrons. The van der Waals surface area contributed by atoms with Crippen molar-refractivity contribution in [1.82, 2.24) is 0 Å². The van der Waals surface area contributed by atoms with Crippen LogP contribution in [0.3, 0.4) is 0 Å². The van der Waals surface area contributed by atoms with Gasteiger partial charge in [-0.3, -0.25) is 4.79 Å². The van der Waals surface area contributed by atoms with Crippen molar-refractivity contribution < 1.29 is 9.21 Å². The zero-order valence-corrected chi connectivity index (χ0v) is 17.2. The molecule has 0 atom stereocenters. The van der Waals surface area contributed by atoms with Crippen molar-refractivity contribution >= 4 is 46.6 Å². The summed E-state index contributed by atoms with van der Waals surface area (Å²) in [5.41, 5.74) is 2.66. The van der Waals surface area contributed by atoms with Gasteiger partial charge < -0.3 is 14.6 Å². The predicted molar refractivity (Wildman–Crippen MR) is 120 cm³/mol. The molecule has 0 spiro atoms. The molecule has 0 radical (unpaired) electrons. The molecule has 1 aliphatic heterocycles. The number of hydrogen-bond donors (Lipinski definition) is 1. The van der Waals surface area contributed by atoms with E-state index in [1.165, 1.54) is 18.9 Å². The first-order valence-corrected chi connectivity index (χ1v) is 10.2. The molecule has 0 bridgehead atoms. The highest BCUT2D eigenvalue weighted by Gasteiger charge is 2.16. The molecular weight excluding hydrogens is 407 g/mol. The van der Waals surface area contributed by atoms with Crippen LogP contribution in [0.4, 0.5) is 11.4 Å². The number of carbonyl (C=O) groups excluding carboxylic acids is 1. The van der Waals surface area contributed by atoms with E-state index < -0.39 is 0 Å². The zero-order valence-electron chi connectivity index (χ0n) is 15.7. The molecule has 1 amide bonds. The second kappa shape index (κ2) is 8.76. The molecule has 4 rings (SSSR count). The van der Waals surface area contributed by atoms with Crippen LogP contribution < -0.4 is 10.2 Å². The van der Waals surface area contributed by atoms with Gasteiger partial charge in [-0.2, -0.15) is 0 Å². The quantitative estimate of drug-likeness (QED) is 0.473. The molecule has 2 heterocycles. The van der Waals surface area contributed by atoms with Gasteiger partial charge in [0, 0.05) is 34.8 Å². The van der Waals surface area contributed by atoms with Gasteiger partial charge in [0.1, 0.15) is 11.5 Å². The average Bonchev–Trinajstić information content (AvgIpc) is 3.38. The first-order valence-electron chi connectivity index (χ1n) is 9.48. The number of rotatable bonds is 5. The largest absolute Gasteiger partial charge is 0.457 e. The minimum absolute atomic E-state index is 0.208. The number of carbonyl (C=O) groups is 1. The monoisotopic (exact) mass is 426 g/mol. The number of nitrogens with zero attached hydrogens (tertiary/aromatic N) is 1. The fourth-order valence-corrected chi connectivity index (χ4v) is 3.97. The number of para-hydroxylation sites is 2. The van der Waals surface area contributed by atoms with Gasteiger partial charge in [-0.15, -0.1) is 0 Å². The summed E-state index contributed by atoms with van der Waals surface area (Å²) in [6.07, 6.45) is 5.47. The van der Waals surface area contributed by atoms with E-state index in [1.54, 1.807) is 30.3 Å². The molecule has 1 fully saturated rings. The van der Waals surface area contributed by atoms with Gasteiger partial charge in [0.05, 0.1) is 11.4 Å². The predicted octanol–water partition coefficient (Wildman–Crippen LogP) is 6.51. The highest BCUT2D eigenvalue weighted by molar-refractivity contribution is 6.35. The molecule has 29 heavy (non-hydrogen) atoms. The van der Waals surface area contributed by atoms with Crippen molar-refractivity contribution in [3.63, 3.8) is 0 Å². The second-order valence-electron chi connectivity index (χ2n) is 6.89. The summed E-state index contributed by atoms with van der Waals surface area (Å²) in [5, 5.41) is 4.04. The van der Waals surface area contributed by atoms with Crippen LogP contribution in [0.25, 0.3) is 17.4 Å². The van der Waals surface area contributed by atoms with E-state index in [9.17, 15) is 4.79 Å². The first-order chi connectivity index (χ1) is 14.1. The summed E-state index contributed by atoms with van der Waals surface area (Å²) in [5.74, 6) is 0.994. The Labute approximate surface area is 179 Å². The fraction of sp³-hybridized carbons (Fsp3) is 0.174. The van der Waals surface area contributed by atoms with Gasteiger partial charge in [0.15, 0.2) is 0 Å². The number of nitrogens with one attached hydrogen (secondary N) is 1. The standard InChI is InChI=1S/C23H20Cl2N2O2/c24-17-13-16(14-18(25)15-17)22-9-7-19(29-22)8-10-23(28)26-20-5-1-2-6-21(20)27-11-3-4-12-27/h1-2,5-10,13-15H,3-4,11-12H2,(H,26,28)/b10-8+. The lowest BCUT2D eigenvalue weighted by Gasteiger charge is -2.21. The maximum Gasteiger partial charge on any atom is 0.248 e. The van der Waals surface area contributed by atoms with Gasteiger partial charge >= 0.3 is 0 Å². The Balaban J connectivity index is 1.45. The lowest BCUT2D eigenvalue weighted by molar-refractivity contribution is -0.111. The third kappa shape index (κ3) is 4.84. The smallest absolute Gasteiger partial charge is 0.248 e. The first kappa shape index (κ1) is 19.6. The molecule has 4 nitrogen and oxygen atoms in total. The normalized spacial score (nSPS) is 13.9. The zero-order chi connectivity index (χ0) is 20.2. The molecular formula is C23H20Cl2N2O2. The summed E-state index contributed by atoms with van der Waals surface area (Å²) in [6.45, 7) is 2.04. The van der Waals surface area contributed by atoms with Crippen molar-refractivity contribution in [3.8, 4) is 11.3 Å². The van der Waals surface area contributed by atoms with Crippen molar-refractivity contribution in [2.75, 3.05) is 23.3 Å². The van der Waals surface area contributed by atoms with Crippen LogP contribution in [0, 0.1) is 0 Å². The van der Waals surface area contributed by atoms with Gasteiger partial charge in [0.2, 0.25) is 5.91 Å². The van der Waals surface area contributed by atoms with Crippen LogP contribution >= 0.6 is 23.2 Å². The SMILES string of the molecule is O=C(/C=C/c1ccc(-c2cc(Cl)cc(Cl)c2)o1)Nc1ccccc1N1CCCC1. The Kier molecular flexibility index (Phi) is 5.93. The number of anilines is 2. The minimum Gasteiger partial charge on any atom is -0.457 e. The van der Waals surface area contributed by atoms with E-state index in [0.29, 0.717) is 21.6 Å². The molecule has 1 saturated heterocycles. The van der Waals surface area contributed by atoms with Crippen molar-refractivity contribution in [2.45, 2.75) is 12.8 Å². The van der Waals surface area contributed by atoms with E-state index in [0.717, 1.165) is 30.0 Å². The molecule has 3 aromatic rings. The lowest BCUT2D eigenvalue weighted by Crippen LogP contribution is -2.20. The Morgan fingerprint density at radius 1 is 1.00 bits per heavy atom. The maximum absolute atomic E-state index is 12.4. The number of hydrogen-bond acceptors (Lipinski definition) is 3. The summed E-state index contributed by atoms with van der Waals surface area (Å²) < 4.78 is 5.79. The van der Waals surface area contributed by atoms with E-state index in [-0.39, 0.29) is 5.91 Å². The molecule has 1 N–H and O–H groups in total. The fourth-order valence-electron chi connectivity index (χ4n) is 3.44. The summed E-state index contributed by atoms with van der Waals surface area (Å²) in [7, 11) is 0. The van der Waals surface area contributed by atoms with Crippen LogP contribution in [-0.2, 0) is 4.79 Å². The lowest BCUT2D eigenvalue weighted by atomic mass is 10.2. The molecule has 6 heteroatoms. The number of amides is 1. The Morgan fingerprint density at radius 3 is 2.48 bits per heavy atom. The van der Waals surface area contributed by atoms with E-state index in [4.69, 9.17) is 27.6 Å². The van der Waals surface area contributed by atoms with E-state index in [2.05, 4.69) is 10.2 Å². The highest BCUT2D eigenvalue weighted by atomic mass is 35.5. The average molecular weight is 427 g/mol. The van der Waals surface area contributed by atoms with Gasteiger partial charge in [0.25, 0.3) is 0 Å². The molecule has 1 aliphatic rings. The van der Waals surface area contributed by atoms with E-state index in [1.807, 2.05) is 30.3 Å². The Bertz CT molecular complexity index is 1030.